The number of hydrogen-bond donors (Lipinski definition) is 2. The first-order chi connectivity index (χ1) is 14.0. The first kappa shape index (κ1) is 20.7. The van der Waals surface area contributed by atoms with Gasteiger partial charge in [0.1, 0.15) is 5.82 Å². The van der Waals surface area contributed by atoms with Gasteiger partial charge in [-0.05, 0) is 42.5 Å². The van der Waals surface area contributed by atoms with Gasteiger partial charge in [0.15, 0.2) is 5.11 Å². The third-order valence-corrected chi connectivity index (χ3v) is 4.95. The van der Waals surface area contributed by atoms with Crippen LogP contribution in [0.4, 0.5) is 15.8 Å². The molecular weight excluding hydrogens is 391 g/mol. The molecule has 0 saturated carbocycles. The molecule has 0 aliphatic carbocycles. The molecule has 0 spiro atoms. The minimum Gasteiger partial charge on any atom is -0.366 e. The van der Waals surface area contributed by atoms with Crippen LogP contribution in [0.15, 0.2) is 48.5 Å². The number of rotatable bonds is 4. The normalized spacial score (nSPS) is 13.7. The molecule has 2 N–H and O–H groups in total. The molecule has 0 bridgehead atoms. The van der Waals surface area contributed by atoms with Crippen LogP contribution in [-0.4, -0.2) is 48.0 Å². The molecule has 0 atom stereocenters. The van der Waals surface area contributed by atoms with Crippen molar-refractivity contribution in [3.8, 4) is 0 Å². The summed E-state index contributed by atoms with van der Waals surface area (Å²) in [6, 6.07) is 13.1. The largest absolute Gasteiger partial charge is 0.366 e. The second-order valence-corrected chi connectivity index (χ2v) is 7.07. The number of halogens is 1. The highest BCUT2D eigenvalue weighted by Gasteiger charge is 2.22. The minimum atomic E-state index is -0.484. The van der Waals surface area contributed by atoms with E-state index in [-0.39, 0.29) is 16.6 Å². The van der Waals surface area contributed by atoms with Crippen LogP contribution in [0.25, 0.3) is 0 Å². The summed E-state index contributed by atoms with van der Waals surface area (Å²) in [4.78, 5) is 28.2. The van der Waals surface area contributed by atoms with E-state index in [0.29, 0.717) is 32.6 Å². The zero-order valence-electron chi connectivity index (χ0n) is 16.2. The zero-order chi connectivity index (χ0) is 20.8. The van der Waals surface area contributed by atoms with Crippen molar-refractivity contribution in [2.45, 2.75) is 13.3 Å². The van der Waals surface area contributed by atoms with Gasteiger partial charge >= 0.3 is 0 Å². The summed E-state index contributed by atoms with van der Waals surface area (Å²) in [5, 5.41) is 5.76. The molecule has 6 nitrogen and oxygen atoms in total. The molecule has 152 valence electrons. The molecule has 0 aromatic heterocycles. The first-order valence-corrected chi connectivity index (χ1v) is 9.88. The van der Waals surface area contributed by atoms with Gasteiger partial charge in [-0.15, -0.1) is 0 Å². The Kier molecular flexibility index (Phi) is 6.77. The van der Waals surface area contributed by atoms with Crippen LogP contribution in [0.1, 0.15) is 23.7 Å². The number of amides is 2. The molecule has 2 aromatic carbocycles. The van der Waals surface area contributed by atoms with Crippen molar-refractivity contribution in [2.75, 3.05) is 36.4 Å². The Balaban J connectivity index is 1.64. The molecule has 8 heteroatoms. The van der Waals surface area contributed by atoms with E-state index in [2.05, 4.69) is 15.5 Å². The van der Waals surface area contributed by atoms with Gasteiger partial charge in [0, 0.05) is 38.2 Å². The van der Waals surface area contributed by atoms with Crippen molar-refractivity contribution in [3.05, 3.63) is 59.9 Å². The van der Waals surface area contributed by atoms with E-state index in [4.69, 9.17) is 12.2 Å². The lowest BCUT2D eigenvalue weighted by Crippen LogP contribution is -2.48. The van der Waals surface area contributed by atoms with Gasteiger partial charge in [0.25, 0.3) is 5.91 Å². The van der Waals surface area contributed by atoms with Crippen LogP contribution >= 0.6 is 12.2 Å². The van der Waals surface area contributed by atoms with E-state index in [1.54, 1.807) is 0 Å². The highest BCUT2D eigenvalue weighted by molar-refractivity contribution is 7.80. The van der Waals surface area contributed by atoms with Crippen molar-refractivity contribution < 1.29 is 14.0 Å². The molecule has 2 amide bonds. The summed E-state index contributed by atoms with van der Waals surface area (Å²) in [6.45, 7) is 4.64. The molecule has 1 heterocycles. The highest BCUT2D eigenvalue weighted by Crippen LogP contribution is 2.26. The van der Waals surface area contributed by atoms with Crippen LogP contribution in [0.5, 0.6) is 0 Å². The smallest absolute Gasteiger partial charge is 0.257 e. The van der Waals surface area contributed by atoms with Crippen molar-refractivity contribution in [2.24, 2.45) is 0 Å². The van der Waals surface area contributed by atoms with Gasteiger partial charge in [-0.1, -0.05) is 25.1 Å². The fraction of sp³-hybridized carbons (Fsp3) is 0.286. The molecule has 0 radical (unpaired) electrons. The van der Waals surface area contributed by atoms with Gasteiger partial charge in [0.05, 0.1) is 11.4 Å². The number of para-hydroxylation sites is 2. The summed E-state index contributed by atoms with van der Waals surface area (Å²) in [5.41, 5.74) is 1.89. The van der Waals surface area contributed by atoms with Crippen molar-refractivity contribution in [3.63, 3.8) is 0 Å². The fourth-order valence-electron chi connectivity index (χ4n) is 3.23. The maximum atomic E-state index is 13.3. The standard InChI is InChI=1S/C21H23FN4O2S/c1-2-19(27)26-12-10-25(11-13-26)18-9-4-3-8-17(18)23-21(29)24-20(28)15-6-5-7-16(22)14-15/h3-9,14H,2,10-13H2,1H3,(H2,23,24,28,29). The number of hydrogen-bond acceptors (Lipinski definition) is 4. The maximum absolute atomic E-state index is 13.3. The maximum Gasteiger partial charge on any atom is 0.257 e. The Hall–Kier alpha value is -3.00. The number of anilines is 2. The number of carbonyl (C=O) groups excluding carboxylic acids is 2. The van der Waals surface area contributed by atoms with E-state index in [1.807, 2.05) is 36.1 Å². The third-order valence-electron chi connectivity index (χ3n) is 4.74. The van der Waals surface area contributed by atoms with Crippen molar-refractivity contribution >= 4 is 40.5 Å². The van der Waals surface area contributed by atoms with Gasteiger partial charge < -0.3 is 15.1 Å². The van der Waals surface area contributed by atoms with E-state index < -0.39 is 11.7 Å². The van der Waals surface area contributed by atoms with Gasteiger partial charge in [0.2, 0.25) is 5.91 Å². The summed E-state index contributed by atoms with van der Waals surface area (Å²) < 4.78 is 13.3. The quantitative estimate of drug-likeness (QED) is 0.753. The molecule has 2 aromatic rings. The summed E-state index contributed by atoms with van der Waals surface area (Å²) in [7, 11) is 0. The van der Waals surface area contributed by atoms with Crippen molar-refractivity contribution in [1.29, 1.82) is 0 Å². The number of benzene rings is 2. The van der Waals surface area contributed by atoms with Crippen LogP contribution in [0, 0.1) is 5.82 Å². The molecule has 3 rings (SSSR count). The second-order valence-electron chi connectivity index (χ2n) is 6.66. The summed E-state index contributed by atoms with van der Waals surface area (Å²) in [5.74, 6) is -0.800. The van der Waals surface area contributed by atoms with Gasteiger partial charge in [-0.25, -0.2) is 4.39 Å². The molecule has 29 heavy (non-hydrogen) atoms. The first-order valence-electron chi connectivity index (χ1n) is 9.47. The van der Waals surface area contributed by atoms with E-state index in [0.717, 1.165) is 17.4 Å². The lowest BCUT2D eigenvalue weighted by molar-refractivity contribution is -0.131. The number of carbonyl (C=O) groups is 2. The Morgan fingerprint density at radius 3 is 2.48 bits per heavy atom. The number of nitrogens with one attached hydrogen (secondary N) is 2. The van der Waals surface area contributed by atoms with Crippen LogP contribution in [0.3, 0.4) is 0 Å². The van der Waals surface area contributed by atoms with Gasteiger partial charge in [-0.2, -0.15) is 0 Å². The predicted molar refractivity (Wildman–Crippen MR) is 116 cm³/mol. The van der Waals surface area contributed by atoms with E-state index in [1.165, 1.54) is 18.2 Å². The van der Waals surface area contributed by atoms with Crippen LogP contribution < -0.4 is 15.5 Å². The minimum absolute atomic E-state index is 0.131. The Morgan fingerprint density at radius 1 is 1.07 bits per heavy atom. The van der Waals surface area contributed by atoms with E-state index >= 15 is 0 Å². The van der Waals surface area contributed by atoms with Crippen molar-refractivity contribution in [1.82, 2.24) is 10.2 Å². The lowest BCUT2D eigenvalue weighted by atomic mass is 10.2. The number of nitrogens with zero attached hydrogens (tertiary/aromatic N) is 2. The monoisotopic (exact) mass is 414 g/mol. The second kappa shape index (κ2) is 9.47. The summed E-state index contributed by atoms with van der Waals surface area (Å²) >= 11 is 5.27. The zero-order valence-corrected chi connectivity index (χ0v) is 17.0. The molecular formula is C21H23FN4O2S. The Bertz CT molecular complexity index is 913. The molecule has 1 aliphatic heterocycles. The SMILES string of the molecule is CCC(=O)N1CCN(c2ccccc2NC(=S)NC(=O)c2cccc(F)c2)CC1. The molecule has 1 saturated heterocycles. The number of piperazine rings is 1. The summed E-state index contributed by atoms with van der Waals surface area (Å²) in [6.07, 6.45) is 0.511. The van der Waals surface area contributed by atoms with Gasteiger partial charge in [-0.3, -0.25) is 14.9 Å². The average molecular weight is 415 g/mol. The fourth-order valence-corrected chi connectivity index (χ4v) is 3.44. The van der Waals surface area contributed by atoms with Crippen LogP contribution in [0.2, 0.25) is 0 Å². The molecule has 1 aliphatic rings. The number of thiocarbonyl (C=S) groups is 1. The Morgan fingerprint density at radius 2 is 1.79 bits per heavy atom. The molecule has 1 fully saturated rings. The third kappa shape index (κ3) is 5.29. The highest BCUT2D eigenvalue weighted by atomic mass is 32.1. The Labute approximate surface area is 174 Å². The average Bonchev–Trinajstić information content (AvgIpc) is 2.73. The van der Waals surface area contributed by atoms with Crippen LogP contribution in [-0.2, 0) is 4.79 Å². The predicted octanol–water partition coefficient (Wildman–Crippen LogP) is 3.01. The lowest BCUT2D eigenvalue weighted by Gasteiger charge is -2.37. The topological polar surface area (TPSA) is 64.7 Å². The van der Waals surface area contributed by atoms with E-state index in [9.17, 15) is 14.0 Å². The molecule has 0 unspecified atom stereocenters.